The Labute approximate surface area is 70.9 Å². The van der Waals surface area contributed by atoms with Gasteiger partial charge in [0.1, 0.15) is 0 Å². The molecule has 1 aliphatic carbocycles. The summed E-state index contributed by atoms with van der Waals surface area (Å²) in [4.78, 5) is 4.01. The van der Waals surface area contributed by atoms with Crippen molar-refractivity contribution in [2.75, 3.05) is 0 Å². The lowest BCUT2D eigenvalue weighted by atomic mass is 10.1. The van der Waals surface area contributed by atoms with Crippen molar-refractivity contribution in [1.82, 2.24) is 4.98 Å². The van der Waals surface area contributed by atoms with Crippen LogP contribution in [0.5, 0.6) is 0 Å². The van der Waals surface area contributed by atoms with Crippen LogP contribution in [0.3, 0.4) is 0 Å². The summed E-state index contributed by atoms with van der Waals surface area (Å²) in [6, 6.07) is 1.93. The lowest BCUT2D eigenvalue weighted by Gasteiger charge is -2.01. The van der Waals surface area contributed by atoms with E-state index in [1.807, 2.05) is 18.2 Å². The van der Waals surface area contributed by atoms with Crippen molar-refractivity contribution in [3.05, 3.63) is 47.5 Å². The molecule has 0 saturated carbocycles. The second-order valence-corrected chi connectivity index (χ2v) is 2.77. The number of nitrogens with zero attached hydrogens (tertiary/aromatic N) is 1. The average molecular weight is 159 g/mol. The second-order valence-electron chi connectivity index (χ2n) is 2.77. The Morgan fingerprint density at radius 1 is 1.42 bits per heavy atom. The van der Waals surface area contributed by atoms with E-state index in [0.717, 1.165) is 11.1 Å². The highest BCUT2D eigenvalue weighted by Crippen LogP contribution is 2.16. The van der Waals surface area contributed by atoms with Gasteiger partial charge < -0.3 is 5.11 Å². The maximum absolute atomic E-state index is 9.33. The van der Waals surface area contributed by atoms with Crippen LogP contribution < -0.4 is 0 Å². The molecule has 1 N–H and O–H groups in total. The maximum atomic E-state index is 9.33. The molecule has 0 fully saturated rings. The van der Waals surface area contributed by atoms with Crippen molar-refractivity contribution in [2.45, 2.75) is 6.42 Å². The number of aromatic nitrogens is 1. The molecule has 2 heteroatoms. The number of aliphatic hydroxyl groups is 1. The summed E-state index contributed by atoms with van der Waals surface area (Å²) in [5, 5.41) is 9.33. The van der Waals surface area contributed by atoms with Crippen LogP contribution in [0.25, 0.3) is 6.08 Å². The molecule has 0 unspecified atom stereocenters. The lowest BCUT2D eigenvalue weighted by Crippen LogP contribution is -1.91. The minimum Gasteiger partial charge on any atom is -0.512 e. The highest BCUT2D eigenvalue weighted by molar-refractivity contribution is 5.56. The largest absolute Gasteiger partial charge is 0.512 e. The van der Waals surface area contributed by atoms with Crippen LogP contribution in [0.2, 0.25) is 0 Å². The molecule has 0 aliphatic heterocycles. The van der Waals surface area contributed by atoms with Crippen molar-refractivity contribution < 1.29 is 5.11 Å². The van der Waals surface area contributed by atoms with E-state index in [1.165, 1.54) is 0 Å². The molecule has 1 aromatic rings. The molecule has 2 nitrogen and oxygen atoms in total. The second kappa shape index (κ2) is 2.81. The summed E-state index contributed by atoms with van der Waals surface area (Å²) in [5.41, 5.74) is 2.20. The molecule has 0 amide bonds. The summed E-state index contributed by atoms with van der Waals surface area (Å²) in [5.74, 6) is 0.399. The first-order valence-electron chi connectivity index (χ1n) is 3.85. The molecule has 1 aromatic heterocycles. The summed E-state index contributed by atoms with van der Waals surface area (Å²) in [6.07, 6.45) is 9.64. The fourth-order valence-electron chi connectivity index (χ4n) is 1.26. The molecule has 1 heterocycles. The minimum absolute atomic E-state index is 0.399. The number of pyridine rings is 1. The van der Waals surface area contributed by atoms with E-state index in [-0.39, 0.29) is 0 Å². The minimum atomic E-state index is 0.399. The molecule has 0 bridgehead atoms. The van der Waals surface area contributed by atoms with Crippen LogP contribution in [0.15, 0.2) is 36.4 Å². The van der Waals surface area contributed by atoms with Gasteiger partial charge in [0, 0.05) is 18.8 Å². The number of rotatable bonds is 0. The quantitative estimate of drug-likeness (QED) is 0.628. The molecule has 60 valence electrons. The number of hydrogen-bond acceptors (Lipinski definition) is 2. The van der Waals surface area contributed by atoms with Crippen LogP contribution in [0.1, 0.15) is 11.1 Å². The molecular weight excluding hydrogens is 150 g/mol. The van der Waals surface area contributed by atoms with Crippen LogP contribution in [-0.2, 0) is 6.42 Å². The highest BCUT2D eigenvalue weighted by Gasteiger charge is 2.03. The number of fused-ring (bicyclic) bond motifs is 1. The molecule has 0 atom stereocenters. The number of allylic oxidation sites excluding steroid dienone is 3. The highest BCUT2D eigenvalue weighted by atomic mass is 16.3. The van der Waals surface area contributed by atoms with Gasteiger partial charge >= 0.3 is 0 Å². The zero-order chi connectivity index (χ0) is 8.39. The van der Waals surface area contributed by atoms with Crippen LogP contribution in [0, 0.1) is 0 Å². The Morgan fingerprint density at radius 2 is 2.33 bits per heavy atom. The van der Waals surface area contributed by atoms with E-state index in [1.54, 1.807) is 18.5 Å². The first-order chi connectivity index (χ1) is 5.86. The third-order valence-corrected chi connectivity index (χ3v) is 1.88. The molecule has 0 spiro atoms. The summed E-state index contributed by atoms with van der Waals surface area (Å²) < 4.78 is 0. The van der Waals surface area contributed by atoms with Crippen LogP contribution in [0.4, 0.5) is 0 Å². The van der Waals surface area contributed by atoms with E-state index >= 15 is 0 Å². The van der Waals surface area contributed by atoms with Gasteiger partial charge in [-0.1, -0.05) is 12.2 Å². The molecule has 2 rings (SSSR count). The van der Waals surface area contributed by atoms with Gasteiger partial charge in [-0.2, -0.15) is 0 Å². The fraction of sp³-hybridized carbons (Fsp3) is 0.100. The van der Waals surface area contributed by atoms with Gasteiger partial charge in [-0.25, -0.2) is 0 Å². The lowest BCUT2D eigenvalue weighted by molar-refractivity contribution is 0.399. The third-order valence-electron chi connectivity index (χ3n) is 1.88. The van der Waals surface area contributed by atoms with Gasteiger partial charge in [0.15, 0.2) is 0 Å². The molecular formula is C10H9NO. The van der Waals surface area contributed by atoms with Gasteiger partial charge in [0.05, 0.1) is 5.76 Å². The topological polar surface area (TPSA) is 33.1 Å². The summed E-state index contributed by atoms with van der Waals surface area (Å²) >= 11 is 0. The van der Waals surface area contributed by atoms with Gasteiger partial charge in [-0.3, -0.25) is 4.98 Å². The fourth-order valence-corrected chi connectivity index (χ4v) is 1.26. The Morgan fingerprint density at radius 3 is 3.25 bits per heavy atom. The zero-order valence-corrected chi connectivity index (χ0v) is 6.57. The first kappa shape index (κ1) is 7.10. The molecule has 12 heavy (non-hydrogen) atoms. The number of aliphatic hydroxyl groups excluding tert-OH is 1. The van der Waals surface area contributed by atoms with Crippen molar-refractivity contribution in [3.8, 4) is 0 Å². The van der Waals surface area contributed by atoms with Crippen LogP contribution >= 0.6 is 0 Å². The van der Waals surface area contributed by atoms with Gasteiger partial charge in [-0.15, -0.1) is 0 Å². The van der Waals surface area contributed by atoms with Crippen molar-refractivity contribution in [3.63, 3.8) is 0 Å². The first-order valence-corrected chi connectivity index (χ1v) is 3.85. The monoisotopic (exact) mass is 159 g/mol. The van der Waals surface area contributed by atoms with Crippen molar-refractivity contribution in [1.29, 1.82) is 0 Å². The van der Waals surface area contributed by atoms with E-state index in [4.69, 9.17) is 0 Å². The van der Waals surface area contributed by atoms with Crippen molar-refractivity contribution in [2.24, 2.45) is 0 Å². The van der Waals surface area contributed by atoms with Crippen LogP contribution in [-0.4, -0.2) is 10.1 Å². The maximum Gasteiger partial charge on any atom is 0.0966 e. The third kappa shape index (κ3) is 1.23. The van der Waals surface area contributed by atoms with Crippen molar-refractivity contribution >= 4 is 6.08 Å². The molecule has 0 saturated heterocycles. The summed E-state index contributed by atoms with van der Waals surface area (Å²) in [7, 11) is 0. The molecule has 1 aliphatic rings. The van der Waals surface area contributed by atoms with E-state index < -0.39 is 0 Å². The van der Waals surface area contributed by atoms with Gasteiger partial charge in [-0.05, 0) is 23.3 Å². The molecule has 0 aromatic carbocycles. The Kier molecular flexibility index (Phi) is 1.67. The molecule has 0 radical (unpaired) electrons. The SMILES string of the molecule is OC1=CC=Cc2cnccc2C1. The normalized spacial score (nSPS) is 14.8. The van der Waals surface area contributed by atoms with Gasteiger partial charge in [0.25, 0.3) is 0 Å². The average Bonchev–Trinajstić information content (AvgIpc) is 2.25. The standard InChI is InChI=1S/C10H9NO/c12-10-3-1-2-9-7-11-5-4-8(9)6-10/h1-5,7,12H,6H2. The van der Waals surface area contributed by atoms with E-state index in [2.05, 4.69) is 4.98 Å². The predicted molar refractivity (Wildman–Crippen MR) is 47.7 cm³/mol. The van der Waals surface area contributed by atoms with Gasteiger partial charge in [0.2, 0.25) is 0 Å². The van der Waals surface area contributed by atoms with E-state index in [9.17, 15) is 5.11 Å². The van der Waals surface area contributed by atoms with E-state index in [0.29, 0.717) is 12.2 Å². The Balaban J connectivity index is 2.49. The Bertz CT molecular complexity index is 353. The predicted octanol–water partition coefficient (Wildman–Crippen LogP) is 2.09. The Hall–Kier alpha value is -1.57. The smallest absolute Gasteiger partial charge is 0.0966 e. The zero-order valence-electron chi connectivity index (χ0n) is 6.57. The summed E-state index contributed by atoms with van der Waals surface area (Å²) in [6.45, 7) is 0. The number of hydrogen-bond donors (Lipinski definition) is 1.